The van der Waals surface area contributed by atoms with Gasteiger partial charge in [-0.15, -0.1) is 0 Å². The van der Waals surface area contributed by atoms with Gasteiger partial charge in [0.1, 0.15) is 5.65 Å². The normalized spacial score (nSPS) is 14.0. The highest BCUT2D eigenvalue weighted by Crippen LogP contribution is 2.34. The van der Waals surface area contributed by atoms with Crippen LogP contribution in [0.1, 0.15) is 25.3 Å². The predicted molar refractivity (Wildman–Crippen MR) is 167 cm³/mol. The summed E-state index contributed by atoms with van der Waals surface area (Å²) < 4.78 is 0. The van der Waals surface area contributed by atoms with Crippen molar-refractivity contribution in [1.29, 1.82) is 0 Å². The third-order valence-corrected chi connectivity index (χ3v) is 8.58. The summed E-state index contributed by atoms with van der Waals surface area (Å²) in [6.45, 7) is 10.1. The number of anilines is 3. The summed E-state index contributed by atoms with van der Waals surface area (Å²) in [5.41, 5.74) is 8.15. The standard InChI is InChI=1S/C29H36N5P.C2H4O2/c1-20-18-21(10-11-27(20)34-16-13-22(14-17-34)33(2)3)26-19-23-24(12-15-30-29(23)32-26)31-25-8-6-7-9-28(25)35(4)5;1-2(3)4/h6-12,15,18-19,22H,13-14,16-17H2,1-5H3,(H2,30,31,32);1H3,(H,3,4). The second-order valence-electron chi connectivity index (χ2n) is 10.5. The molecule has 206 valence electrons. The van der Waals surface area contributed by atoms with Crippen LogP contribution in [0, 0.1) is 6.92 Å². The number of aliphatic carboxylic acids is 1. The molecule has 0 amide bonds. The van der Waals surface area contributed by atoms with Crippen LogP contribution in [0.25, 0.3) is 22.3 Å². The Balaban J connectivity index is 0.000000826. The van der Waals surface area contributed by atoms with E-state index in [1.807, 2.05) is 6.20 Å². The van der Waals surface area contributed by atoms with E-state index in [0.29, 0.717) is 6.04 Å². The molecule has 1 aliphatic rings. The molecule has 4 aromatic rings. The third-order valence-electron chi connectivity index (χ3n) is 7.23. The Morgan fingerprint density at radius 2 is 1.77 bits per heavy atom. The number of aromatic nitrogens is 2. The van der Waals surface area contributed by atoms with Crippen LogP contribution in [0.3, 0.4) is 0 Å². The molecule has 2 aromatic heterocycles. The van der Waals surface area contributed by atoms with Gasteiger partial charge in [0, 0.05) is 54.7 Å². The number of fused-ring (bicyclic) bond motifs is 1. The Labute approximate surface area is 233 Å². The average molecular weight is 546 g/mol. The molecular weight excluding hydrogens is 505 g/mol. The number of para-hydroxylation sites is 1. The molecule has 0 bridgehead atoms. The van der Waals surface area contributed by atoms with Gasteiger partial charge in [-0.25, -0.2) is 4.98 Å². The number of aromatic amines is 1. The number of rotatable bonds is 6. The van der Waals surface area contributed by atoms with Crippen LogP contribution in [0.15, 0.2) is 60.8 Å². The molecule has 7 nitrogen and oxygen atoms in total. The maximum Gasteiger partial charge on any atom is 0.300 e. The largest absolute Gasteiger partial charge is 0.481 e. The monoisotopic (exact) mass is 545 g/mol. The summed E-state index contributed by atoms with van der Waals surface area (Å²) in [5.74, 6) is -0.833. The van der Waals surface area contributed by atoms with Crippen LogP contribution in [-0.2, 0) is 4.79 Å². The highest BCUT2D eigenvalue weighted by atomic mass is 31.1. The van der Waals surface area contributed by atoms with Crippen LogP contribution in [0.4, 0.5) is 17.1 Å². The van der Waals surface area contributed by atoms with Crippen molar-refractivity contribution in [3.05, 3.63) is 66.4 Å². The zero-order chi connectivity index (χ0) is 28.1. The molecule has 39 heavy (non-hydrogen) atoms. The number of carboxylic acid groups (broad SMARTS) is 1. The van der Waals surface area contributed by atoms with E-state index >= 15 is 0 Å². The Bertz CT molecular complexity index is 1420. The molecule has 0 saturated carbocycles. The molecule has 0 aliphatic carbocycles. The minimum atomic E-state index is -0.833. The Kier molecular flexibility index (Phi) is 9.26. The molecule has 5 rings (SSSR count). The lowest BCUT2D eigenvalue weighted by Crippen LogP contribution is -2.42. The second kappa shape index (κ2) is 12.6. The van der Waals surface area contributed by atoms with Crippen molar-refractivity contribution in [2.75, 3.05) is 50.7 Å². The van der Waals surface area contributed by atoms with Gasteiger partial charge in [0.15, 0.2) is 0 Å². The van der Waals surface area contributed by atoms with Crippen molar-refractivity contribution in [3.8, 4) is 11.3 Å². The lowest BCUT2D eigenvalue weighted by Gasteiger charge is -2.37. The topological polar surface area (TPSA) is 84.5 Å². The second-order valence-corrected chi connectivity index (χ2v) is 12.8. The molecule has 1 fully saturated rings. The molecule has 1 aliphatic heterocycles. The minimum absolute atomic E-state index is 0.198. The maximum absolute atomic E-state index is 9.00. The first-order valence-electron chi connectivity index (χ1n) is 13.4. The number of pyridine rings is 1. The fourth-order valence-corrected chi connectivity index (χ4v) is 6.20. The number of carboxylic acids is 1. The highest BCUT2D eigenvalue weighted by Gasteiger charge is 2.22. The number of H-pyrrole nitrogens is 1. The summed E-state index contributed by atoms with van der Waals surface area (Å²) >= 11 is 0. The van der Waals surface area contributed by atoms with E-state index in [1.54, 1.807) is 0 Å². The number of benzene rings is 2. The fraction of sp³-hybridized carbons (Fsp3) is 0.355. The number of piperidine rings is 1. The molecule has 0 spiro atoms. The van der Waals surface area contributed by atoms with Crippen LogP contribution >= 0.6 is 7.92 Å². The van der Waals surface area contributed by atoms with Crippen molar-refractivity contribution >= 4 is 47.3 Å². The lowest BCUT2D eigenvalue weighted by molar-refractivity contribution is -0.134. The molecular formula is C31H40N5O2P. The minimum Gasteiger partial charge on any atom is -0.481 e. The molecule has 8 heteroatoms. The molecule has 0 unspecified atom stereocenters. The smallest absolute Gasteiger partial charge is 0.300 e. The zero-order valence-corrected chi connectivity index (χ0v) is 24.7. The quantitative estimate of drug-likeness (QED) is 0.248. The number of hydrogen-bond acceptors (Lipinski definition) is 5. The first-order chi connectivity index (χ1) is 18.6. The predicted octanol–water partition coefficient (Wildman–Crippen LogP) is 6.27. The highest BCUT2D eigenvalue weighted by molar-refractivity contribution is 7.64. The van der Waals surface area contributed by atoms with E-state index in [4.69, 9.17) is 9.90 Å². The lowest BCUT2D eigenvalue weighted by atomic mass is 10.0. The van der Waals surface area contributed by atoms with Crippen LogP contribution in [0.2, 0.25) is 0 Å². The van der Waals surface area contributed by atoms with E-state index in [9.17, 15) is 0 Å². The van der Waals surface area contributed by atoms with Crippen molar-refractivity contribution in [3.63, 3.8) is 0 Å². The van der Waals surface area contributed by atoms with Gasteiger partial charge in [-0.2, -0.15) is 0 Å². The molecule has 1 saturated heterocycles. The maximum atomic E-state index is 9.00. The van der Waals surface area contributed by atoms with E-state index in [1.165, 1.54) is 40.6 Å². The van der Waals surface area contributed by atoms with E-state index in [-0.39, 0.29) is 7.92 Å². The van der Waals surface area contributed by atoms with E-state index in [0.717, 1.165) is 42.4 Å². The summed E-state index contributed by atoms with van der Waals surface area (Å²) in [7, 11) is 4.19. The van der Waals surface area contributed by atoms with Gasteiger partial charge < -0.3 is 25.2 Å². The van der Waals surface area contributed by atoms with Crippen molar-refractivity contribution < 1.29 is 9.90 Å². The third kappa shape index (κ3) is 6.97. The van der Waals surface area contributed by atoms with Gasteiger partial charge in [-0.1, -0.05) is 32.2 Å². The Hall–Kier alpha value is -3.41. The first kappa shape index (κ1) is 28.6. The molecule has 3 N–H and O–H groups in total. The average Bonchev–Trinajstić information content (AvgIpc) is 3.34. The number of carbonyl (C=O) groups is 1. The van der Waals surface area contributed by atoms with Crippen LogP contribution in [-0.4, -0.2) is 72.5 Å². The number of hydrogen-bond donors (Lipinski definition) is 3. The van der Waals surface area contributed by atoms with Gasteiger partial charge >= 0.3 is 0 Å². The first-order valence-corrected chi connectivity index (χ1v) is 15.6. The summed E-state index contributed by atoms with van der Waals surface area (Å²) in [4.78, 5) is 22.1. The Morgan fingerprint density at radius 1 is 1.08 bits per heavy atom. The van der Waals surface area contributed by atoms with E-state index in [2.05, 4.69) is 114 Å². The van der Waals surface area contributed by atoms with Crippen LogP contribution < -0.4 is 15.5 Å². The Morgan fingerprint density at radius 3 is 2.41 bits per heavy atom. The van der Waals surface area contributed by atoms with Crippen molar-refractivity contribution in [2.45, 2.75) is 32.7 Å². The van der Waals surface area contributed by atoms with Crippen LogP contribution in [0.5, 0.6) is 0 Å². The van der Waals surface area contributed by atoms with Gasteiger partial charge in [-0.05, 0) is 94.0 Å². The van der Waals surface area contributed by atoms with E-state index < -0.39 is 5.97 Å². The van der Waals surface area contributed by atoms with Gasteiger partial charge in [0.05, 0.1) is 5.69 Å². The molecule has 3 heterocycles. The van der Waals surface area contributed by atoms with Gasteiger partial charge in [0.2, 0.25) is 0 Å². The summed E-state index contributed by atoms with van der Waals surface area (Å²) in [5, 5.41) is 13.6. The van der Waals surface area contributed by atoms with Gasteiger partial charge in [0.25, 0.3) is 5.97 Å². The van der Waals surface area contributed by atoms with Gasteiger partial charge in [-0.3, -0.25) is 4.79 Å². The number of nitrogens with zero attached hydrogens (tertiary/aromatic N) is 3. The molecule has 0 atom stereocenters. The number of aryl methyl sites for hydroxylation is 1. The summed E-state index contributed by atoms with van der Waals surface area (Å²) in [6, 6.07) is 20.4. The molecule has 2 aromatic carbocycles. The molecule has 0 radical (unpaired) electrons. The number of nitrogens with one attached hydrogen (secondary N) is 2. The summed E-state index contributed by atoms with van der Waals surface area (Å²) in [6.07, 6.45) is 4.32. The zero-order valence-electron chi connectivity index (χ0n) is 23.8. The fourth-order valence-electron chi connectivity index (χ4n) is 5.21. The van der Waals surface area contributed by atoms with Crippen molar-refractivity contribution in [1.82, 2.24) is 14.9 Å². The van der Waals surface area contributed by atoms with Crippen molar-refractivity contribution in [2.24, 2.45) is 0 Å². The SMILES string of the molecule is CC(=O)O.Cc1cc(-c2cc3c(Nc4ccccc4P(C)C)ccnc3[nH]2)ccc1N1CCC(N(C)C)CC1.